The van der Waals surface area contributed by atoms with E-state index in [1.54, 1.807) is 0 Å². The van der Waals surface area contributed by atoms with Crippen molar-refractivity contribution >= 4 is 17.1 Å². The third kappa shape index (κ3) is 0.921. The Morgan fingerprint density at radius 1 is 1.06 bits per heavy atom. The normalized spacial score (nSPS) is 21.9. The summed E-state index contributed by atoms with van der Waals surface area (Å²) < 4.78 is 0. The largest absolute Gasteiger partial charge is 0.298 e. The molecule has 1 fully saturated rings. The number of carbonyl (C=O) groups excluding carboxylic acids is 2. The lowest BCUT2D eigenvalue weighted by molar-refractivity contribution is -0.130. The van der Waals surface area contributed by atoms with E-state index in [9.17, 15) is 9.59 Å². The Morgan fingerprint density at radius 3 is 2.31 bits per heavy atom. The smallest absolute Gasteiger partial charge is 0.151 e. The first kappa shape index (κ1) is 9.52. The van der Waals surface area contributed by atoms with Gasteiger partial charge in [-0.05, 0) is 23.1 Å². The van der Waals surface area contributed by atoms with E-state index in [0.29, 0.717) is 19.3 Å². The molecule has 0 saturated heterocycles. The average molecular weight is 212 g/mol. The highest BCUT2D eigenvalue weighted by Gasteiger charge is 2.54. The number of hydrogen-bond donors (Lipinski definition) is 0. The number of hydrogen-bond acceptors (Lipinski definition) is 2. The predicted octanol–water partition coefficient (Wildman–Crippen LogP) is 2.17. The lowest BCUT2D eigenvalue weighted by Gasteiger charge is -2.20. The van der Waals surface area contributed by atoms with Crippen LogP contribution in [-0.4, -0.2) is 11.6 Å². The third-order valence-corrected chi connectivity index (χ3v) is 3.84. The molecule has 1 spiro atoms. The van der Waals surface area contributed by atoms with Gasteiger partial charge in [0.2, 0.25) is 0 Å². The first-order chi connectivity index (χ1) is 7.66. The lowest BCUT2D eigenvalue weighted by atomic mass is 9.78. The van der Waals surface area contributed by atoms with E-state index >= 15 is 0 Å². The first-order valence-electron chi connectivity index (χ1n) is 5.50. The molecule has 0 bridgehead atoms. The molecule has 0 unspecified atom stereocenters. The van der Waals surface area contributed by atoms with Gasteiger partial charge in [-0.25, -0.2) is 0 Å². The van der Waals surface area contributed by atoms with Crippen LogP contribution < -0.4 is 0 Å². The summed E-state index contributed by atoms with van der Waals surface area (Å²) in [4.78, 5) is 24.0. The fraction of sp³-hybridized carbons (Fsp3) is 0.286. The molecule has 2 aliphatic rings. The molecule has 2 aliphatic carbocycles. The molecule has 16 heavy (non-hydrogen) atoms. The van der Waals surface area contributed by atoms with Crippen molar-refractivity contribution in [1.82, 2.24) is 0 Å². The maximum Gasteiger partial charge on any atom is 0.151 e. The summed E-state index contributed by atoms with van der Waals surface area (Å²) in [6.07, 6.45) is 1.29. The van der Waals surface area contributed by atoms with Crippen LogP contribution >= 0.6 is 0 Å². The van der Waals surface area contributed by atoms with E-state index in [-0.39, 0.29) is 11.6 Å². The maximum absolute atomic E-state index is 12.0. The molecule has 0 N–H and O–H groups in total. The highest BCUT2D eigenvalue weighted by molar-refractivity contribution is 6.23. The van der Waals surface area contributed by atoms with Crippen LogP contribution in [0.2, 0.25) is 0 Å². The van der Waals surface area contributed by atoms with Crippen molar-refractivity contribution < 1.29 is 9.59 Å². The van der Waals surface area contributed by atoms with Gasteiger partial charge in [0.1, 0.15) is 5.41 Å². The van der Waals surface area contributed by atoms with Crippen molar-refractivity contribution in [1.29, 1.82) is 0 Å². The Balaban J connectivity index is 2.20. The summed E-state index contributed by atoms with van der Waals surface area (Å²) in [5, 5.41) is 0. The third-order valence-electron chi connectivity index (χ3n) is 3.84. The Labute approximate surface area is 94.0 Å². The van der Waals surface area contributed by atoms with E-state index < -0.39 is 5.41 Å². The van der Waals surface area contributed by atoms with Crippen LogP contribution in [0.15, 0.2) is 30.8 Å². The Morgan fingerprint density at radius 2 is 1.69 bits per heavy atom. The van der Waals surface area contributed by atoms with Crippen LogP contribution in [0.4, 0.5) is 0 Å². The van der Waals surface area contributed by atoms with Gasteiger partial charge in [0.25, 0.3) is 0 Å². The minimum absolute atomic E-state index is 0.0544. The fourth-order valence-electron chi connectivity index (χ4n) is 2.93. The molecule has 0 heterocycles. The Hall–Kier alpha value is -1.70. The van der Waals surface area contributed by atoms with E-state index in [4.69, 9.17) is 0 Å². The van der Waals surface area contributed by atoms with Crippen molar-refractivity contribution in [3.8, 4) is 0 Å². The van der Waals surface area contributed by atoms with E-state index in [0.717, 1.165) is 16.7 Å². The summed E-state index contributed by atoms with van der Waals surface area (Å²) in [6, 6.07) is 7.79. The topological polar surface area (TPSA) is 34.1 Å². The summed E-state index contributed by atoms with van der Waals surface area (Å²) in [5.74, 6) is 0.109. The molecule has 0 atom stereocenters. The Bertz CT molecular complexity index is 509. The van der Waals surface area contributed by atoms with Crippen molar-refractivity contribution in [2.24, 2.45) is 5.41 Å². The molecule has 0 aromatic heterocycles. The van der Waals surface area contributed by atoms with Gasteiger partial charge in [-0.3, -0.25) is 9.59 Å². The van der Waals surface area contributed by atoms with Crippen LogP contribution in [0.3, 0.4) is 0 Å². The van der Waals surface area contributed by atoms with Crippen molar-refractivity contribution in [3.63, 3.8) is 0 Å². The zero-order chi connectivity index (χ0) is 11.3. The number of allylic oxidation sites excluding steroid dienone is 1. The van der Waals surface area contributed by atoms with E-state index in [1.807, 2.05) is 24.3 Å². The molecule has 0 aliphatic heterocycles. The number of benzene rings is 1. The molecule has 3 rings (SSSR count). The first-order valence-corrected chi connectivity index (χ1v) is 5.50. The molecule has 1 aromatic rings. The summed E-state index contributed by atoms with van der Waals surface area (Å²) in [6.45, 7) is 3.99. The van der Waals surface area contributed by atoms with Crippen molar-refractivity contribution in [2.45, 2.75) is 19.3 Å². The molecule has 1 saturated carbocycles. The molecule has 80 valence electrons. The predicted molar refractivity (Wildman–Crippen MR) is 60.9 cm³/mol. The quantitative estimate of drug-likeness (QED) is 0.618. The second-order valence-corrected chi connectivity index (χ2v) is 4.56. The molecular weight excluding hydrogens is 200 g/mol. The minimum Gasteiger partial charge on any atom is -0.298 e. The highest BCUT2D eigenvalue weighted by atomic mass is 16.2. The summed E-state index contributed by atoms with van der Waals surface area (Å²) in [7, 11) is 0. The van der Waals surface area contributed by atoms with Gasteiger partial charge in [0.15, 0.2) is 11.6 Å². The van der Waals surface area contributed by atoms with Crippen LogP contribution in [-0.2, 0) is 16.0 Å². The molecule has 1 aromatic carbocycles. The fourth-order valence-corrected chi connectivity index (χ4v) is 2.93. The lowest BCUT2D eigenvalue weighted by Crippen LogP contribution is -2.32. The monoisotopic (exact) mass is 212 g/mol. The van der Waals surface area contributed by atoms with Gasteiger partial charge < -0.3 is 0 Å². The van der Waals surface area contributed by atoms with Crippen molar-refractivity contribution in [3.05, 3.63) is 42.0 Å². The van der Waals surface area contributed by atoms with Crippen LogP contribution in [0.5, 0.6) is 0 Å². The molecular formula is C14H12O2. The van der Waals surface area contributed by atoms with E-state index in [2.05, 4.69) is 6.58 Å². The number of ketones is 2. The van der Waals surface area contributed by atoms with Crippen molar-refractivity contribution in [2.75, 3.05) is 0 Å². The Kier molecular flexibility index (Phi) is 1.73. The maximum atomic E-state index is 12.0. The van der Waals surface area contributed by atoms with Gasteiger partial charge in [-0.1, -0.05) is 30.8 Å². The summed E-state index contributed by atoms with van der Waals surface area (Å²) in [5.41, 5.74) is 1.89. The standard InChI is InChI=1S/C14H12O2/c1-9-11-5-3-2-4-10(11)8-14(9)12(15)6-7-13(14)16/h2-5H,1,6-8H2. The second-order valence-electron chi connectivity index (χ2n) is 4.56. The van der Waals surface area contributed by atoms with Crippen LogP contribution in [0.25, 0.3) is 5.57 Å². The van der Waals surface area contributed by atoms with E-state index in [1.165, 1.54) is 0 Å². The van der Waals surface area contributed by atoms with Gasteiger partial charge >= 0.3 is 0 Å². The number of Topliss-reactive ketones (excluding diaryl/α,β-unsaturated/α-hetero) is 2. The number of carbonyl (C=O) groups is 2. The highest BCUT2D eigenvalue weighted by Crippen LogP contribution is 2.51. The molecule has 0 amide bonds. The molecule has 2 heteroatoms. The second kappa shape index (κ2) is 2.91. The van der Waals surface area contributed by atoms with Crippen LogP contribution in [0.1, 0.15) is 24.0 Å². The average Bonchev–Trinajstić information content (AvgIpc) is 2.74. The van der Waals surface area contributed by atoms with Gasteiger partial charge in [-0.15, -0.1) is 0 Å². The molecule has 0 radical (unpaired) electrons. The van der Waals surface area contributed by atoms with Gasteiger partial charge in [0.05, 0.1) is 0 Å². The van der Waals surface area contributed by atoms with Gasteiger partial charge in [-0.2, -0.15) is 0 Å². The molecule has 2 nitrogen and oxygen atoms in total. The van der Waals surface area contributed by atoms with Crippen LogP contribution in [0, 0.1) is 5.41 Å². The number of rotatable bonds is 0. The summed E-state index contributed by atoms with van der Waals surface area (Å²) >= 11 is 0. The SMILES string of the molecule is C=C1c2ccccc2CC12C(=O)CCC2=O. The van der Waals surface area contributed by atoms with Gasteiger partial charge in [0, 0.05) is 12.8 Å². The zero-order valence-corrected chi connectivity index (χ0v) is 8.95. The number of fused-ring (bicyclic) bond motifs is 1. The zero-order valence-electron chi connectivity index (χ0n) is 8.95. The minimum atomic E-state index is -0.899.